The van der Waals surface area contributed by atoms with Gasteiger partial charge in [0.1, 0.15) is 0 Å². The van der Waals surface area contributed by atoms with Crippen molar-refractivity contribution in [3.05, 3.63) is 34.9 Å². The molecule has 1 aromatic carbocycles. The van der Waals surface area contributed by atoms with Gasteiger partial charge in [0, 0.05) is 12.0 Å². The van der Waals surface area contributed by atoms with E-state index >= 15 is 0 Å². The van der Waals surface area contributed by atoms with Crippen molar-refractivity contribution < 1.29 is 5.11 Å². The minimum atomic E-state index is -0.301. The normalized spacial score (nSPS) is 20.9. The molecule has 1 fully saturated rings. The van der Waals surface area contributed by atoms with Crippen molar-refractivity contribution in [3.8, 4) is 0 Å². The zero-order chi connectivity index (χ0) is 14.8. The van der Waals surface area contributed by atoms with Crippen molar-refractivity contribution >= 4 is 0 Å². The van der Waals surface area contributed by atoms with Gasteiger partial charge in [0.25, 0.3) is 0 Å². The highest BCUT2D eigenvalue weighted by atomic mass is 16.3. The molecule has 2 nitrogen and oxygen atoms in total. The molecule has 2 unspecified atom stereocenters. The van der Waals surface area contributed by atoms with E-state index in [4.69, 9.17) is 0 Å². The molecule has 0 spiro atoms. The van der Waals surface area contributed by atoms with Crippen molar-refractivity contribution in [3.63, 3.8) is 0 Å². The number of benzene rings is 1. The number of aliphatic hydroxyl groups excluding tert-OH is 1. The fourth-order valence-corrected chi connectivity index (χ4v) is 3.48. The summed E-state index contributed by atoms with van der Waals surface area (Å²) in [5, 5.41) is 10.9. The molecule has 2 atom stereocenters. The average molecular weight is 275 g/mol. The lowest BCUT2D eigenvalue weighted by Crippen LogP contribution is -2.54. The Morgan fingerprint density at radius 1 is 1.20 bits per heavy atom. The Labute approximate surface area is 123 Å². The van der Waals surface area contributed by atoms with Gasteiger partial charge in [0.15, 0.2) is 0 Å². The maximum atomic E-state index is 10.9. The van der Waals surface area contributed by atoms with Crippen LogP contribution in [0.2, 0.25) is 0 Å². The summed E-state index contributed by atoms with van der Waals surface area (Å²) in [7, 11) is 0. The molecule has 2 rings (SSSR count). The fourth-order valence-electron chi connectivity index (χ4n) is 3.48. The predicted molar refractivity (Wildman–Crippen MR) is 85.1 cm³/mol. The molecule has 0 aliphatic carbocycles. The standard InChI is InChI=1S/C18H29NO/c1-5-18(4,19-11-6-7-12-19)17(20)13-16-14(2)9-8-10-15(16)3/h8-10,17,20H,5-7,11-13H2,1-4H3. The van der Waals surface area contributed by atoms with Gasteiger partial charge in [-0.15, -0.1) is 0 Å². The Kier molecular flexibility index (Phi) is 4.87. The Bertz CT molecular complexity index is 430. The molecule has 0 amide bonds. The van der Waals surface area contributed by atoms with E-state index in [-0.39, 0.29) is 11.6 Å². The summed E-state index contributed by atoms with van der Waals surface area (Å²) in [6.45, 7) is 11.0. The molecule has 1 saturated heterocycles. The van der Waals surface area contributed by atoms with Crippen LogP contribution in [0.15, 0.2) is 18.2 Å². The summed E-state index contributed by atoms with van der Waals surface area (Å²) in [5.41, 5.74) is 3.82. The van der Waals surface area contributed by atoms with Crippen molar-refractivity contribution in [1.82, 2.24) is 4.90 Å². The minimum Gasteiger partial charge on any atom is -0.391 e. The largest absolute Gasteiger partial charge is 0.391 e. The van der Waals surface area contributed by atoms with Crippen LogP contribution >= 0.6 is 0 Å². The third kappa shape index (κ3) is 2.91. The number of aliphatic hydroxyl groups is 1. The van der Waals surface area contributed by atoms with Crippen LogP contribution in [0, 0.1) is 13.8 Å². The molecule has 0 radical (unpaired) electrons. The Morgan fingerprint density at radius 2 is 1.75 bits per heavy atom. The zero-order valence-corrected chi connectivity index (χ0v) is 13.4. The van der Waals surface area contributed by atoms with Crippen LogP contribution in [-0.2, 0) is 6.42 Å². The topological polar surface area (TPSA) is 23.5 Å². The molecule has 1 aromatic rings. The van der Waals surface area contributed by atoms with E-state index in [2.05, 4.69) is 50.8 Å². The summed E-state index contributed by atoms with van der Waals surface area (Å²) in [6.07, 6.45) is 4.00. The summed E-state index contributed by atoms with van der Waals surface area (Å²) in [6, 6.07) is 6.39. The van der Waals surface area contributed by atoms with E-state index < -0.39 is 0 Å². The minimum absolute atomic E-state index is 0.0920. The van der Waals surface area contributed by atoms with E-state index in [0.29, 0.717) is 0 Å². The number of aryl methyl sites for hydroxylation is 2. The van der Waals surface area contributed by atoms with Gasteiger partial charge in [-0.05, 0) is 69.8 Å². The quantitative estimate of drug-likeness (QED) is 0.889. The predicted octanol–water partition coefficient (Wildman–Crippen LogP) is 3.47. The van der Waals surface area contributed by atoms with Gasteiger partial charge in [0.05, 0.1) is 6.10 Å². The first-order chi connectivity index (χ1) is 9.49. The SMILES string of the molecule is CCC(C)(C(O)Cc1c(C)cccc1C)N1CCCC1. The van der Waals surface area contributed by atoms with E-state index in [9.17, 15) is 5.11 Å². The van der Waals surface area contributed by atoms with Gasteiger partial charge < -0.3 is 5.11 Å². The zero-order valence-electron chi connectivity index (χ0n) is 13.4. The summed E-state index contributed by atoms with van der Waals surface area (Å²) in [5.74, 6) is 0. The number of likely N-dealkylation sites (tertiary alicyclic amines) is 1. The molecule has 112 valence electrons. The molecule has 2 heteroatoms. The lowest BCUT2D eigenvalue weighted by molar-refractivity contribution is -0.0118. The Morgan fingerprint density at radius 3 is 2.25 bits per heavy atom. The van der Waals surface area contributed by atoms with Crippen molar-refractivity contribution in [2.75, 3.05) is 13.1 Å². The van der Waals surface area contributed by atoms with Crippen LogP contribution in [0.3, 0.4) is 0 Å². The molecule has 0 aromatic heterocycles. The third-order valence-electron chi connectivity index (χ3n) is 5.30. The Hall–Kier alpha value is -0.860. The highest BCUT2D eigenvalue weighted by molar-refractivity contribution is 5.34. The number of hydrogen-bond donors (Lipinski definition) is 1. The van der Waals surface area contributed by atoms with Gasteiger partial charge in [0.2, 0.25) is 0 Å². The van der Waals surface area contributed by atoms with Crippen molar-refractivity contribution in [2.24, 2.45) is 0 Å². The monoisotopic (exact) mass is 275 g/mol. The van der Waals surface area contributed by atoms with Crippen molar-refractivity contribution in [2.45, 2.75) is 65.0 Å². The second-order valence-electron chi connectivity index (χ2n) is 6.50. The number of nitrogens with zero attached hydrogens (tertiary/aromatic N) is 1. The number of hydrogen-bond acceptors (Lipinski definition) is 2. The highest BCUT2D eigenvalue weighted by Gasteiger charge is 2.38. The summed E-state index contributed by atoms with van der Waals surface area (Å²) in [4.78, 5) is 2.49. The molecule has 1 N–H and O–H groups in total. The van der Waals surface area contributed by atoms with E-state index in [1.807, 2.05) is 0 Å². The lowest BCUT2D eigenvalue weighted by Gasteiger charge is -2.42. The first-order valence-electron chi connectivity index (χ1n) is 7.97. The van der Waals surface area contributed by atoms with Crippen LogP contribution in [0.25, 0.3) is 0 Å². The summed E-state index contributed by atoms with van der Waals surface area (Å²) >= 11 is 0. The molecular formula is C18H29NO. The van der Waals surface area contributed by atoms with Gasteiger partial charge >= 0.3 is 0 Å². The molecule has 1 aliphatic rings. The lowest BCUT2D eigenvalue weighted by atomic mass is 9.84. The fraction of sp³-hybridized carbons (Fsp3) is 0.667. The molecular weight excluding hydrogens is 246 g/mol. The highest BCUT2D eigenvalue weighted by Crippen LogP contribution is 2.30. The van der Waals surface area contributed by atoms with Crippen LogP contribution < -0.4 is 0 Å². The van der Waals surface area contributed by atoms with E-state index in [0.717, 1.165) is 25.9 Å². The summed E-state index contributed by atoms with van der Waals surface area (Å²) < 4.78 is 0. The third-order valence-corrected chi connectivity index (χ3v) is 5.30. The second kappa shape index (κ2) is 6.28. The molecule has 0 saturated carbocycles. The molecule has 1 heterocycles. The van der Waals surface area contributed by atoms with Gasteiger partial charge in [-0.25, -0.2) is 0 Å². The molecule has 0 bridgehead atoms. The average Bonchev–Trinajstić information content (AvgIpc) is 2.96. The van der Waals surface area contributed by atoms with Crippen LogP contribution in [0.4, 0.5) is 0 Å². The smallest absolute Gasteiger partial charge is 0.0761 e. The van der Waals surface area contributed by atoms with Crippen molar-refractivity contribution in [1.29, 1.82) is 0 Å². The maximum Gasteiger partial charge on any atom is 0.0761 e. The van der Waals surface area contributed by atoms with E-state index in [1.54, 1.807) is 0 Å². The van der Waals surface area contributed by atoms with Crippen LogP contribution in [0.1, 0.15) is 49.8 Å². The van der Waals surface area contributed by atoms with Crippen LogP contribution in [0.5, 0.6) is 0 Å². The first kappa shape index (κ1) is 15.5. The van der Waals surface area contributed by atoms with E-state index in [1.165, 1.54) is 29.5 Å². The second-order valence-corrected chi connectivity index (χ2v) is 6.50. The number of rotatable bonds is 5. The molecule has 1 aliphatic heterocycles. The molecule has 20 heavy (non-hydrogen) atoms. The van der Waals surface area contributed by atoms with Gasteiger partial charge in [-0.2, -0.15) is 0 Å². The first-order valence-corrected chi connectivity index (χ1v) is 7.97. The maximum absolute atomic E-state index is 10.9. The van der Waals surface area contributed by atoms with Crippen LogP contribution in [-0.4, -0.2) is 34.7 Å². The van der Waals surface area contributed by atoms with Gasteiger partial charge in [-0.3, -0.25) is 4.90 Å². The van der Waals surface area contributed by atoms with Gasteiger partial charge in [-0.1, -0.05) is 25.1 Å². The Balaban J connectivity index is 2.19.